The highest BCUT2D eigenvalue weighted by Crippen LogP contribution is 2.14. The van der Waals surface area contributed by atoms with Crippen molar-refractivity contribution in [1.29, 1.82) is 0 Å². The molecule has 12 heavy (non-hydrogen) atoms. The first-order valence-corrected chi connectivity index (χ1v) is 3.70. The number of nitrogens with two attached hydrogens (primary N) is 1. The molecule has 1 aromatic heterocycles. The topological polar surface area (TPSA) is 64.9 Å². The van der Waals surface area contributed by atoms with Crippen molar-refractivity contribution in [2.75, 3.05) is 0 Å². The van der Waals surface area contributed by atoms with Crippen LogP contribution in [0.1, 0.15) is 44.5 Å². The monoisotopic (exact) mass is 191 g/mol. The number of halogens is 1. The zero-order valence-electron chi connectivity index (χ0n) is 7.44. The Kier molecular flexibility index (Phi) is 4.20. The van der Waals surface area contributed by atoms with Crippen molar-refractivity contribution in [3.63, 3.8) is 0 Å². The Hall–Kier alpha value is -0.610. The van der Waals surface area contributed by atoms with Crippen molar-refractivity contribution in [1.82, 2.24) is 10.2 Å². The van der Waals surface area contributed by atoms with E-state index >= 15 is 0 Å². The standard InChI is InChI=1S/C7H13N3O.ClH/c1-4(2)6-9-10-7(11-6)5(3)8;/h4-5H,8H2,1-3H3;1H. The van der Waals surface area contributed by atoms with Gasteiger partial charge in [-0.15, -0.1) is 22.6 Å². The van der Waals surface area contributed by atoms with Gasteiger partial charge in [0.1, 0.15) is 0 Å². The second-order valence-electron chi connectivity index (χ2n) is 2.92. The summed E-state index contributed by atoms with van der Waals surface area (Å²) in [6.45, 7) is 5.81. The lowest BCUT2D eigenvalue weighted by Crippen LogP contribution is -2.04. The average Bonchev–Trinajstić information content (AvgIpc) is 2.33. The smallest absolute Gasteiger partial charge is 0.232 e. The highest BCUT2D eigenvalue weighted by Gasteiger charge is 2.11. The van der Waals surface area contributed by atoms with Gasteiger partial charge in [0.25, 0.3) is 0 Å². The molecule has 0 aliphatic rings. The highest BCUT2D eigenvalue weighted by atomic mass is 35.5. The molecule has 0 spiro atoms. The minimum atomic E-state index is -0.171. The molecule has 1 rings (SSSR count). The quantitative estimate of drug-likeness (QED) is 0.772. The molecular formula is C7H14ClN3O. The van der Waals surface area contributed by atoms with Crippen molar-refractivity contribution in [2.24, 2.45) is 5.73 Å². The summed E-state index contributed by atoms with van der Waals surface area (Å²) in [7, 11) is 0. The van der Waals surface area contributed by atoms with E-state index in [1.165, 1.54) is 0 Å². The summed E-state index contributed by atoms with van der Waals surface area (Å²) in [6.07, 6.45) is 0. The van der Waals surface area contributed by atoms with E-state index in [9.17, 15) is 0 Å². The predicted octanol–water partition coefficient (Wildman–Crippen LogP) is 1.63. The Morgan fingerprint density at radius 3 is 1.92 bits per heavy atom. The maximum atomic E-state index is 5.53. The zero-order valence-corrected chi connectivity index (χ0v) is 8.26. The lowest BCUT2D eigenvalue weighted by atomic mass is 10.2. The third-order valence-electron chi connectivity index (χ3n) is 1.34. The van der Waals surface area contributed by atoms with E-state index in [1.54, 1.807) is 0 Å². The van der Waals surface area contributed by atoms with Crippen LogP contribution in [-0.4, -0.2) is 10.2 Å². The molecule has 1 atom stereocenters. The van der Waals surface area contributed by atoms with Crippen molar-refractivity contribution < 1.29 is 4.42 Å². The van der Waals surface area contributed by atoms with Crippen LogP contribution >= 0.6 is 12.4 Å². The molecule has 0 radical (unpaired) electrons. The van der Waals surface area contributed by atoms with Crippen LogP contribution in [-0.2, 0) is 0 Å². The van der Waals surface area contributed by atoms with Crippen LogP contribution in [0.4, 0.5) is 0 Å². The first kappa shape index (κ1) is 11.4. The molecule has 0 aliphatic heterocycles. The normalized spacial score (nSPS) is 12.8. The van der Waals surface area contributed by atoms with Crippen LogP contribution in [0.2, 0.25) is 0 Å². The third-order valence-corrected chi connectivity index (χ3v) is 1.34. The molecule has 2 N–H and O–H groups in total. The summed E-state index contributed by atoms with van der Waals surface area (Å²) >= 11 is 0. The Labute approximate surface area is 78.0 Å². The summed E-state index contributed by atoms with van der Waals surface area (Å²) in [5.41, 5.74) is 5.53. The van der Waals surface area contributed by atoms with Gasteiger partial charge in [-0.25, -0.2) is 0 Å². The van der Waals surface area contributed by atoms with Crippen LogP contribution in [0.5, 0.6) is 0 Å². The van der Waals surface area contributed by atoms with Gasteiger partial charge in [0.15, 0.2) is 0 Å². The predicted molar refractivity (Wildman–Crippen MR) is 48.2 cm³/mol. The van der Waals surface area contributed by atoms with Gasteiger partial charge in [-0.2, -0.15) is 0 Å². The molecule has 0 amide bonds. The average molecular weight is 192 g/mol. The number of aromatic nitrogens is 2. The Balaban J connectivity index is 0.00000121. The number of rotatable bonds is 2. The fraction of sp³-hybridized carbons (Fsp3) is 0.714. The molecular weight excluding hydrogens is 178 g/mol. The number of hydrogen-bond acceptors (Lipinski definition) is 4. The van der Waals surface area contributed by atoms with Gasteiger partial charge in [-0.05, 0) is 6.92 Å². The van der Waals surface area contributed by atoms with E-state index < -0.39 is 0 Å². The highest BCUT2D eigenvalue weighted by molar-refractivity contribution is 5.85. The van der Waals surface area contributed by atoms with Crippen LogP contribution in [0.3, 0.4) is 0 Å². The lowest BCUT2D eigenvalue weighted by Gasteiger charge is -1.96. The number of nitrogens with zero attached hydrogens (tertiary/aromatic N) is 2. The molecule has 1 unspecified atom stereocenters. The lowest BCUT2D eigenvalue weighted by molar-refractivity contribution is 0.412. The molecule has 1 heterocycles. The molecule has 0 aromatic carbocycles. The van der Waals surface area contributed by atoms with Gasteiger partial charge < -0.3 is 10.2 Å². The number of hydrogen-bond donors (Lipinski definition) is 1. The van der Waals surface area contributed by atoms with Crippen LogP contribution in [0.25, 0.3) is 0 Å². The van der Waals surface area contributed by atoms with E-state index in [0.29, 0.717) is 11.8 Å². The van der Waals surface area contributed by atoms with Gasteiger partial charge in [0, 0.05) is 5.92 Å². The van der Waals surface area contributed by atoms with Gasteiger partial charge in [0.2, 0.25) is 11.8 Å². The van der Waals surface area contributed by atoms with E-state index in [-0.39, 0.29) is 24.4 Å². The summed E-state index contributed by atoms with van der Waals surface area (Å²) < 4.78 is 5.26. The Morgan fingerprint density at radius 1 is 1.17 bits per heavy atom. The van der Waals surface area contributed by atoms with Gasteiger partial charge in [-0.1, -0.05) is 13.8 Å². The van der Waals surface area contributed by atoms with Crippen LogP contribution in [0, 0.1) is 0 Å². The maximum Gasteiger partial charge on any atom is 0.232 e. The molecule has 0 aliphatic carbocycles. The molecule has 0 bridgehead atoms. The van der Waals surface area contributed by atoms with Crippen molar-refractivity contribution in [3.8, 4) is 0 Å². The first-order valence-electron chi connectivity index (χ1n) is 3.70. The fourth-order valence-electron chi connectivity index (χ4n) is 0.664. The minimum Gasteiger partial charge on any atom is -0.423 e. The molecule has 4 nitrogen and oxygen atoms in total. The molecule has 0 saturated carbocycles. The first-order chi connectivity index (χ1) is 5.11. The summed E-state index contributed by atoms with van der Waals surface area (Å²) in [5.74, 6) is 1.43. The van der Waals surface area contributed by atoms with Crippen molar-refractivity contribution in [3.05, 3.63) is 11.8 Å². The molecule has 1 aromatic rings. The summed E-state index contributed by atoms with van der Waals surface area (Å²) in [4.78, 5) is 0. The van der Waals surface area contributed by atoms with E-state index in [1.807, 2.05) is 20.8 Å². The minimum absolute atomic E-state index is 0. The summed E-state index contributed by atoms with van der Waals surface area (Å²) in [5, 5.41) is 7.64. The van der Waals surface area contributed by atoms with Crippen molar-refractivity contribution in [2.45, 2.75) is 32.7 Å². The second kappa shape index (κ2) is 4.42. The van der Waals surface area contributed by atoms with Gasteiger partial charge >= 0.3 is 0 Å². The second-order valence-corrected chi connectivity index (χ2v) is 2.92. The third kappa shape index (κ3) is 2.46. The van der Waals surface area contributed by atoms with E-state index in [4.69, 9.17) is 10.2 Å². The molecule has 5 heteroatoms. The SMILES string of the molecule is CC(C)c1nnc(C(C)N)o1.Cl. The Morgan fingerprint density at radius 2 is 1.67 bits per heavy atom. The molecule has 0 fully saturated rings. The largest absolute Gasteiger partial charge is 0.423 e. The fourth-order valence-corrected chi connectivity index (χ4v) is 0.664. The van der Waals surface area contributed by atoms with E-state index in [0.717, 1.165) is 0 Å². The van der Waals surface area contributed by atoms with Crippen molar-refractivity contribution >= 4 is 12.4 Å². The maximum absolute atomic E-state index is 5.53. The van der Waals surface area contributed by atoms with Gasteiger partial charge in [-0.3, -0.25) is 0 Å². The van der Waals surface area contributed by atoms with Gasteiger partial charge in [0.05, 0.1) is 6.04 Å². The van der Waals surface area contributed by atoms with Crippen LogP contribution in [0.15, 0.2) is 4.42 Å². The van der Waals surface area contributed by atoms with E-state index in [2.05, 4.69) is 10.2 Å². The molecule has 0 saturated heterocycles. The molecule has 70 valence electrons. The zero-order chi connectivity index (χ0) is 8.43. The summed E-state index contributed by atoms with van der Waals surface area (Å²) in [6, 6.07) is -0.171. The van der Waals surface area contributed by atoms with Crippen LogP contribution < -0.4 is 5.73 Å². The Bertz CT molecular complexity index is 212.